The van der Waals surface area contributed by atoms with Crippen molar-refractivity contribution in [1.29, 1.82) is 0 Å². The molecule has 0 aromatic carbocycles. The van der Waals surface area contributed by atoms with Crippen LogP contribution in [0.15, 0.2) is 0 Å². The summed E-state index contributed by atoms with van der Waals surface area (Å²) in [5, 5.41) is 12.3. The summed E-state index contributed by atoms with van der Waals surface area (Å²) in [5.41, 5.74) is -0.0157. The minimum atomic E-state index is -1.01. The minimum absolute atomic E-state index is 0.111. The van der Waals surface area contributed by atoms with Gasteiger partial charge >= 0.3 is 0 Å². The van der Waals surface area contributed by atoms with E-state index in [0.29, 0.717) is 36.0 Å². The molecule has 4 aliphatic carbocycles. The molecule has 0 N–H and O–H groups in total. The van der Waals surface area contributed by atoms with Crippen LogP contribution in [0.2, 0.25) is 0 Å². The smallest absolute Gasteiger partial charge is 0.233 e. The molecular weight excluding hydrogens is 422 g/mol. The fourth-order valence-electron chi connectivity index (χ4n) is 9.31. The number of ketones is 1. The highest BCUT2D eigenvalue weighted by atomic mass is 35.5. The summed E-state index contributed by atoms with van der Waals surface area (Å²) in [6.07, 6.45) is 10.8. The molecule has 4 saturated carbocycles. The highest BCUT2D eigenvalue weighted by molar-refractivity contribution is 6.26. The maximum absolute atomic E-state index is 12.4. The molecule has 4 rings (SSSR count). The summed E-state index contributed by atoms with van der Waals surface area (Å²) < 4.78 is 0. The Morgan fingerprint density at radius 2 is 1.81 bits per heavy atom. The van der Waals surface area contributed by atoms with Gasteiger partial charge in [0.1, 0.15) is 10.7 Å². The molecule has 4 aliphatic rings. The third kappa shape index (κ3) is 3.66. The van der Waals surface area contributed by atoms with Crippen LogP contribution in [0.1, 0.15) is 105 Å². The lowest BCUT2D eigenvalue weighted by atomic mass is 9.43. The zero-order valence-electron chi connectivity index (χ0n) is 20.9. The van der Waals surface area contributed by atoms with E-state index < -0.39 is 10.9 Å². The molecule has 9 atom stereocenters. The average molecular weight is 466 g/mol. The van der Waals surface area contributed by atoms with E-state index >= 15 is 0 Å². The van der Waals surface area contributed by atoms with E-state index in [1.807, 2.05) is 0 Å². The monoisotopic (exact) mass is 465 g/mol. The zero-order chi connectivity index (χ0) is 23.5. The maximum atomic E-state index is 12.4. The number of hydrogen-bond acceptors (Lipinski definition) is 3. The van der Waals surface area contributed by atoms with Gasteiger partial charge in [-0.05, 0) is 78.4 Å². The molecule has 32 heavy (non-hydrogen) atoms. The van der Waals surface area contributed by atoms with Crippen molar-refractivity contribution < 1.29 is 9.72 Å². The van der Waals surface area contributed by atoms with Crippen LogP contribution in [0.4, 0.5) is 0 Å². The second-order valence-electron chi connectivity index (χ2n) is 12.9. The van der Waals surface area contributed by atoms with Crippen LogP contribution in [0.3, 0.4) is 0 Å². The average Bonchev–Trinajstić information content (AvgIpc) is 3.05. The molecule has 0 unspecified atom stereocenters. The number of carbonyl (C=O) groups is 1. The summed E-state index contributed by atoms with van der Waals surface area (Å²) >= 11 is 7.17. The number of alkyl halides is 1. The van der Waals surface area contributed by atoms with Crippen molar-refractivity contribution in [3.63, 3.8) is 0 Å². The first kappa shape index (κ1) is 24.5. The number of halogens is 1. The number of nitro groups is 1. The van der Waals surface area contributed by atoms with E-state index in [0.717, 1.165) is 30.6 Å². The third-order valence-corrected chi connectivity index (χ3v) is 11.9. The van der Waals surface area contributed by atoms with Gasteiger partial charge in [0, 0.05) is 24.2 Å². The Hall–Kier alpha value is -0.640. The van der Waals surface area contributed by atoms with E-state index in [1.54, 1.807) is 0 Å². The van der Waals surface area contributed by atoms with E-state index in [-0.39, 0.29) is 22.5 Å². The van der Waals surface area contributed by atoms with Gasteiger partial charge in [0.2, 0.25) is 6.04 Å². The van der Waals surface area contributed by atoms with E-state index in [2.05, 4.69) is 34.6 Å². The molecule has 0 aromatic rings. The second-order valence-corrected chi connectivity index (χ2v) is 13.6. The van der Waals surface area contributed by atoms with Gasteiger partial charge in [-0.25, -0.2) is 0 Å². The SMILES string of the molecule is CC(C)CCC[C@@H](C)[C@H]1CC[C@H]2[C@@H]3C[C@@H]([N+](=O)[O-])[C@@]4(Cl)CC(=O)CC[C@]4(C)[C@H]3CC[C@]12C. The molecular formula is C27H44ClNO3. The number of carbonyl (C=O) groups excluding carboxylic acids is 1. The van der Waals surface area contributed by atoms with Gasteiger partial charge in [-0.1, -0.05) is 53.9 Å². The highest BCUT2D eigenvalue weighted by Gasteiger charge is 2.70. The summed E-state index contributed by atoms with van der Waals surface area (Å²) in [6, 6.07) is -0.801. The Kier molecular flexibility index (Phi) is 6.53. The van der Waals surface area contributed by atoms with E-state index in [4.69, 9.17) is 11.6 Å². The molecule has 0 spiro atoms. The first-order valence-electron chi connectivity index (χ1n) is 13.3. The van der Waals surface area contributed by atoms with Crippen molar-refractivity contribution in [3.05, 3.63) is 10.1 Å². The van der Waals surface area contributed by atoms with Gasteiger partial charge in [-0.3, -0.25) is 14.9 Å². The van der Waals surface area contributed by atoms with Crippen LogP contribution >= 0.6 is 11.6 Å². The van der Waals surface area contributed by atoms with Crippen LogP contribution in [0.5, 0.6) is 0 Å². The number of nitrogens with zero attached hydrogens (tertiary/aromatic N) is 1. The molecule has 0 bridgehead atoms. The van der Waals surface area contributed by atoms with Gasteiger partial charge in [0.05, 0.1) is 0 Å². The second kappa shape index (κ2) is 8.54. The summed E-state index contributed by atoms with van der Waals surface area (Å²) in [7, 11) is 0. The lowest BCUT2D eigenvalue weighted by Gasteiger charge is -2.63. The predicted octanol–water partition coefficient (Wildman–Crippen LogP) is 7.29. The van der Waals surface area contributed by atoms with Crippen molar-refractivity contribution in [1.82, 2.24) is 0 Å². The van der Waals surface area contributed by atoms with Gasteiger partial charge in [0.15, 0.2) is 0 Å². The first-order chi connectivity index (χ1) is 14.9. The fourth-order valence-corrected chi connectivity index (χ4v) is 9.86. The Morgan fingerprint density at radius 3 is 2.47 bits per heavy atom. The Morgan fingerprint density at radius 1 is 1.09 bits per heavy atom. The largest absolute Gasteiger partial charge is 0.300 e. The van der Waals surface area contributed by atoms with E-state index in [9.17, 15) is 14.9 Å². The topological polar surface area (TPSA) is 60.2 Å². The number of hydrogen-bond donors (Lipinski definition) is 0. The molecule has 5 heteroatoms. The lowest BCUT2D eigenvalue weighted by molar-refractivity contribution is -0.542. The summed E-state index contributed by atoms with van der Waals surface area (Å²) in [4.78, 5) is 23.5. The molecule has 182 valence electrons. The van der Waals surface area contributed by atoms with Crippen molar-refractivity contribution in [3.8, 4) is 0 Å². The van der Waals surface area contributed by atoms with Crippen molar-refractivity contribution in [2.75, 3.05) is 0 Å². The number of fused-ring (bicyclic) bond motifs is 5. The van der Waals surface area contributed by atoms with Crippen LogP contribution < -0.4 is 0 Å². The molecule has 0 aromatic heterocycles. The summed E-state index contributed by atoms with van der Waals surface area (Å²) in [6.45, 7) is 11.8. The summed E-state index contributed by atoms with van der Waals surface area (Å²) in [5.74, 6) is 3.70. The maximum Gasteiger partial charge on any atom is 0.233 e. The normalized spacial score (nSPS) is 47.0. The van der Waals surface area contributed by atoms with Gasteiger partial charge in [0.25, 0.3) is 0 Å². The standard InChI is InChI=1S/C27H44ClNO3/c1-17(2)7-6-8-18(3)21-9-10-22-20-15-24(29(31)32)27(28)16-19(30)11-14-26(27,5)23(20)12-13-25(21,22)4/h17-18,20-24H,6-16H2,1-5H3/t18-,20+,21-,22+,23+,24-,25-,26-,27+/m1/s1. The lowest BCUT2D eigenvalue weighted by Crippen LogP contribution is -2.67. The molecule has 0 saturated heterocycles. The first-order valence-corrected chi connectivity index (χ1v) is 13.7. The van der Waals surface area contributed by atoms with Crippen LogP contribution in [0, 0.1) is 56.5 Å². The molecule has 0 heterocycles. The van der Waals surface area contributed by atoms with Crippen molar-refractivity contribution in [2.45, 2.75) is 116 Å². The highest BCUT2D eigenvalue weighted by Crippen LogP contribution is 2.70. The fraction of sp³-hybridized carbons (Fsp3) is 0.963. The molecule has 4 fully saturated rings. The van der Waals surface area contributed by atoms with E-state index in [1.165, 1.54) is 38.5 Å². The van der Waals surface area contributed by atoms with Crippen LogP contribution in [-0.2, 0) is 4.79 Å². The molecule has 0 amide bonds. The Balaban J connectivity index is 1.59. The van der Waals surface area contributed by atoms with Crippen LogP contribution in [-0.4, -0.2) is 21.6 Å². The van der Waals surface area contributed by atoms with Crippen molar-refractivity contribution in [2.24, 2.45) is 46.3 Å². The van der Waals surface area contributed by atoms with Gasteiger partial charge < -0.3 is 0 Å². The number of rotatable bonds is 6. The predicted molar refractivity (Wildman–Crippen MR) is 129 cm³/mol. The Bertz CT molecular complexity index is 755. The molecule has 0 radical (unpaired) electrons. The number of Topliss-reactive ketones (excluding diaryl/α,β-unsaturated/α-hetero) is 1. The zero-order valence-corrected chi connectivity index (χ0v) is 21.6. The van der Waals surface area contributed by atoms with Gasteiger partial charge in [-0.2, -0.15) is 0 Å². The molecule has 4 nitrogen and oxygen atoms in total. The minimum Gasteiger partial charge on any atom is -0.300 e. The quantitative estimate of drug-likeness (QED) is 0.235. The molecule has 0 aliphatic heterocycles. The van der Waals surface area contributed by atoms with Gasteiger partial charge in [-0.15, -0.1) is 11.6 Å². The Labute approximate surface area is 199 Å². The van der Waals surface area contributed by atoms with Crippen LogP contribution in [0.25, 0.3) is 0 Å². The third-order valence-electron chi connectivity index (χ3n) is 11.1. The van der Waals surface area contributed by atoms with Crippen molar-refractivity contribution >= 4 is 17.4 Å².